The van der Waals surface area contributed by atoms with Gasteiger partial charge in [0.25, 0.3) is 0 Å². The van der Waals surface area contributed by atoms with Crippen LogP contribution in [0.5, 0.6) is 5.75 Å². The Bertz CT molecular complexity index is 514. The van der Waals surface area contributed by atoms with Gasteiger partial charge in [0, 0.05) is 17.6 Å². The maximum Gasteiger partial charge on any atom is 0.145 e. The Morgan fingerprint density at radius 3 is 2.83 bits per heavy atom. The molecule has 2 rings (SSSR count). The number of benzene rings is 1. The van der Waals surface area contributed by atoms with Crippen molar-refractivity contribution >= 4 is 10.9 Å². The summed E-state index contributed by atoms with van der Waals surface area (Å²) >= 11 is 0. The highest BCUT2D eigenvalue weighted by Crippen LogP contribution is 2.23. The number of nitrogens with two attached hydrogens (primary N) is 1. The molecule has 2 N–H and O–H groups in total. The highest BCUT2D eigenvalue weighted by atomic mass is 16.5. The molecule has 0 spiro atoms. The molecule has 0 saturated heterocycles. The zero-order valence-electron chi connectivity index (χ0n) is 10.6. The zero-order chi connectivity index (χ0) is 12.8. The second kappa shape index (κ2) is 6.33. The topological polar surface area (TPSA) is 57.4 Å². The van der Waals surface area contributed by atoms with E-state index >= 15 is 0 Å². The average Bonchev–Trinajstić information content (AvgIpc) is 2.39. The van der Waals surface area contributed by atoms with Gasteiger partial charge >= 0.3 is 0 Å². The average molecular weight is 246 g/mol. The number of hydrogen-bond donors (Lipinski definition) is 1. The first-order valence-corrected chi connectivity index (χ1v) is 6.08. The van der Waals surface area contributed by atoms with Crippen molar-refractivity contribution in [2.45, 2.75) is 6.92 Å². The molecule has 0 atom stereocenters. The molecular weight excluding hydrogens is 228 g/mol. The number of hydrogen-bond acceptors (Lipinski definition) is 4. The van der Waals surface area contributed by atoms with E-state index in [1.165, 1.54) is 0 Å². The van der Waals surface area contributed by atoms with Crippen LogP contribution in [0.4, 0.5) is 0 Å². The highest BCUT2D eigenvalue weighted by molar-refractivity contribution is 5.84. The number of rotatable bonds is 6. The Morgan fingerprint density at radius 1 is 1.11 bits per heavy atom. The monoisotopic (exact) mass is 246 g/mol. The van der Waals surface area contributed by atoms with E-state index in [1.807, 2.05) is 31.2 Å². The van der Waals surface area contributed by atoms with Crippen molar-refractivity contribution < 1.29 is 9.47 Å². The molecule has 4 heteroatoms. The van der Waals surface area contributed by atoms with Crippen molar-refractivity contribution in [3.05, 3.63) is 36.0 Å². The molecule has 0 aliphatic heterocycles. The SMILES string of the molecule is Cc1ccc2cccc(OCCOCCN)c2n1. The van der Waals surface area contributed by atoms with Crippen molar-refractivity contribution in [2.24, 2.45) is 5.73 Å². The van der Waals surface area contributed by atoms with Gasteiger partial charge in [0.1, 0.15) is 17.9 Å². The van der Waals surface area contributed by atoms with Crippen LogP contribution in [0, 0.1) is 6.92 Å². The van der Waals surface area contributed by atoms with E-state index < -0.39 is 0 Å². The largest absolute Gasteiger partial charge is 0.489 e. The Kier molecular flexibility index (Phi) is 4.50. The van der Waals surface area contributed by atoms with Crippen molar-refractivity contribution in [1.82, 2.24) is 4.98 Å². The second-order valence-electron chi connectivity index (χ2n) is 4.03. The third-order valence-corrected chi connectivity index (χ3v) is 2.57. The van der Waals surface area contributed by atoms with Gasteiger partial charge in [-0.15, -0.1) is 0 Å². The fraction of sp³-hybridized carbons (Fsp3) is 0.357. The number of para-hydroxylation sites is 1. The lowest BCUT2D eigenvalue weighted by Crippen LogP contribution is -2.13. The predicted molar refractivity (Wildman–Crippen MR) is 71.8 cm³/mol. The van der Waals surface area contributed by atoms with E-state index in [9.17, 15) is 0 Å². The van der Waals surface area contributed by atoms with Crippen LogP contribution >= 0.6 is 0 Å². The lowest BCUT2D eigenvalue weighted by molar-refractivity contribution is 0.106. The van der Waals surface area contributed by atoms with Crippen LogP contribution in [0.3, 0.4) is 0 Å². The Balaban J connectivity index is 2.05. The van der Waals surface area contributed by atoms with Crippen LogP contribution in [0.2, 0.25) is 0 Å². The number of ether oxygens (including phenoxy) is 2. The van der Waals surface area contributed by atoms with E-state index in [2.05, 4.69) is 11.1 Å². The molecule has 0 bridgehead atoms. The highest BCUT2D eigenvalue weighted by Gasteiger charge is 2.03. The maximum absolute atomic E-state index is 5.69. The van der Waals surface area contributed by atoms with Crippen molar-refractivity contribution in [2.75, 3.05) is 26.4 Å². The summed E-state index contributed by atoms with van der Waals surface area (Å²) in [6.45, 7) is 4.12. The van der Waals surface area contributed by atoms with Gasteiger partial charge in [-0.25, -0.2) is 4.98 Å². The molecule has 4 nitrogen and oxygen atoms in total. The lowest BCUT2D eigenvalue weighted by atomic mass is 10.2. The molecule has 0 radical (unpaired) electrons. The second-order valence-corrected chi connectivity index (χ2v) is 4.03. The van der Waals surface area contributed by atoms with Gasteiger partial charge in [0.05, 0.1) is 13.2 Å². The molecule has 0 saturated carbocycles. The van der Waals surface area contributed by atoms with Crippen LogP contribution in [0.15, 0.2) is 30.3 Å². The van der Waals surface area contributed by atoms with Gasteiger partial charge in [-0.05, 0) is 19.1 Å². The summed E-state index contributed by atoms with van der Waals surface area (Å²) in [7, 11) is 0. The first kappa shape index (κ1) is 12.8. The molecule has 18 heavy (non-hydrogen) atoms. The number of nitrogens with zero attached hydrogens (tertiary/aromatic N) is 1. The predicted octanol–water partition coefficient (Wildman–Crippen LogP) is 1.90. The van der Waals surface area contributed by atoms with E-state index in [0.717, 1.165) is 22.3 Å². The van der Waals surface area contributed by atoms with Crippen molar-refractivity contribution in [3.8, 4) is 5.75 Å². The van der Waals surface area contributed by atoms with Crippen molar-refractivity contribution in [3.63, 3.8) is 0 Å². The Hall–Kier alpha value is -1.65. The fourth-order valence-corrected chi connectivity index (χ4v) is 1.73. The lowest BCUT2D eigenvalue weighted by Gasteiger charge is -2.09. The Morgan fingerprint density at radius 2 is 2.00 bits per heavy atom. The first-order valence-electron chi connectivity index (χ1n) is 6.08. The summed E-state index contributed by atoms with van der Waals surface area (Å²) in [4.78, 5) is 4.50. The van der Waals surface area contributed by atoms with Crippen LogP contribution in [-0.2, 0) is 4.74 Å². The van der Waals surface area contributed by atoms with Crippen molar-refractivity contribution in [1.29, 1.82) is 0 Å². The summed E-state index contributed by atoms with van der Waals surface area (Å²) in [5, 5.41) is 1.08. The minimum absolute atomic E-state index is 0.509. The molecule has 1 heterocycles. The van der Waals surface area contributed by atoms with Gasteiger partial charge < -0.3 is 15.2 Å². The first-order chi connectivity index (χ1) is 8.81. The number of aromatic nitrogens is 1. The molecule has 1 aromatic carbocycles. The number of pyridine rings is 1. The summed E-state index contributed by atoms with van der Waals surface area (Å²) in [6.07, 6.45) is 0. The van der Waals surface area contributed by atoms with Crippen LogP contribution in [0.1, 0.15) is 5.69 Å². The van der Waals surface area contributed by atoms with Crippen LogP contribution in [0.25, 0.3) is 10.9 Å². The molecule has 2 aromatic rings. The van der Waals surface area contributed by atoms with Gasteiger partial charge in [0.15, 0.2) is 0 Å². The number of fused-ring (bicyclic) bond motifs is 1. The third kappa shape index (κ3) is 3.18. The van der Waals surface area contributed by atoms with E-state index in [-0.39, 0.29) is 0 Å². The van der Waals surface area contributed by atoms with Crippen LogP contribution in [-0.4, -0.2) is 31.3 Å². The zero-order valence-corrected chi connectivity index (χ0v) is 10.6. The molecule has 0 aliphatic carbocycles. The summed E-state index contributed by atoms with van der Waals surface area (Å²) in [5.41, 5.74) is 7.22. The maximum atomic E-state index is 5.69. The molecule has 0 fully saturated rings. The Labute approximate surface area is 107 Å². The molecule has 1 aromatic heterocycles. The van der Waals surface area contributed by atoms with Gasteiger partial charge in [-0.2, -0.15) is 0 Å². The molecular formula is C14H18N2O2. The van der Waals surface area contributed by atoms with Gasteiger partial charge in [0.2, 0.25) is 0 Å². The molecule has 96 valence electrons. The normalized spacial score (nSPS) is 10.8. The van der Waals surface area contributed by atoms with Gasteiger partial charge in [-0.1, -0.05) is 18.2 Å². The minimum atomic E-state index is 0.509. The fourth-order valence-electron chi connectivity index (χ4n) is 1.73. The third-order valence-electron chi connectivity index (χ3n) is 2.57. The van der Waals surface area contributed by atoms with E-state index in [4.69, 9.17) is 15.2 Å². The quantitative estimate of drug-likeness (QED) is 0.791. The van der Waals surface area contributed by atoms with E-state index in [1.54, 1.807) is 0 Å². The van der Waals surface area contributed by atoms with E-state index in [0.29, 0.717) is 26.4 Å². The summed E-state index contributed by atoms with van der Waals surface area (Å²) in [6, 6.07) is 9.97. The number of aryl methyl sites for hydroxylation is 1. The molecule has 0 unspecified atom stereocenters. The molecule has 0 aliphatic rings. The summed E-state index contributed by atoms with van der Waals surface area (Å²) < 4.78 is 11.0. The van der Waals surface area contributed by atoms with Gasteiger partial charge in [-0.3, -0.25) is 0 Å². The standard InChI is InChI=1S/C14H18N2O2/c1-11-5-6-12-3-2-4-13(14(12)16-11)18-10-9-17-8-7-15/h2-6H,7-10,15H2,1H3. The summed E-state index contributed by atoms with van der Waals surface area (Å²) in [5.74, 6) is 0.799. The van der Waals surface area contributed by atoms with Crippen LogP contribution < -0.4 is 10.5 Å². The smallest absolute Gasteiger partial charge is 0.145 e. The minimum Gasteiger partial charge on any atom is -0.489 e. The molecule has 0 amide bonds.